The minimum Gasteiger partial charge on any atom is -0.381 e. The van der Waals surface area contributed by atoms with Crippen molar-refractivity contribution in [2.45, 2.75) is 19.0 Å². The molecule has 0 saturated carbocycles. The fourth-order valence-electron chi connectivity index (χ4n) is 3.36. The van der Waals surface area contributed by atoms with Crippen molar-refractivity contribution in [1.29, 1.82) is 0 Å². The smallest absolute Gasteiger partial charge is 0.381 e. The van der Waals surface area contributed by atoms with E-state index in [9.17, 15) is 18.0 Å². The van der Waals surface area contributed by atoms with Crippen LogP contribution in [-0.4, -0.2) is 50.2 Å². The second-order valence-corrected chi connectivity index (χ2v) is 6.21. The van der Waals surface area contributed by atoms with E-state index in [0.29, 0.717) is 39.4 Å². The number of anilines is 1. The number of alkyl halides is 3. The van der Waals surface area contributed by atoms with E-state index in [1.54, 1.807) is 15.9 Å². The van der Waals surface area contributed by atoms with Gasteiger partial charge in [-0.3, -0.25) is 4.79 Å². The van der Waals surface area contributed by atoms with Crippen LogP contribution in [-0.2, 0) is 15.7 Å². The van der Waals surface area contributed by atoms with Crippen LogP contribution in [0.5, 0.6) is 0 Å². The monoisotopic (exact) mass is 342 g/mol. The first-order valence-corrected chi connectivity index (χ1v) is 8.24. The molecule has 1 aromatic carbocycles. The Morgan fingerprint density at radius 1 is 1.04 bits per heavy atom. The van der Waals surface area contributed by atoms with Gasteiger partial charge in [-0.05, 0) is 25.0 Å². The fraction of sp³-hybridized carbons (Fsp3) is 0.588. The third kappa shape index (κ3) is 3.66. The summed E-state index contributed by atoms with van der Waals surface area (Å²) >= 11 is 0. The standard InChI is InChI=1S/C17H21F3N2O2/c18-17(19,20)14-3-1-2-4-15(14)21-7-9-22(10-8-21)16(23)13-5-11-24-12-6-13/h1-4,13H,5-12H2. The summed E-state index contributed by atoms with van der Waals surface area (Å²) in [4.78, 5) is 16.0. The highest BCUT2D eigenvalue weighted by molar-refractivity contribution is 5.79. The molecular weight excluding hydrogens is 321 g/mol. The lowest BCUT2D eigenvalue weighted by molar-refractivity contribution is -0.139. The number of amides is 1. The Hall–Kier alpha value is -1.76. The number of rotatable bonds is 2. The maximum atomic E-state index is 13.1. The Bertz CT molecular complexity index is 577. The van der Waals surface area contributed by atoms with E-state index in [4.69, 9.17) is 4.74 Å². The zero-order valence-corrected chi connectivity index (χ0v) is 13.4. The van der Waals surface area contributed by atoms with Gasteiger partial charge in [0.15, 0.2) is 0 Å². The molecule has 7 heteroatoms. The first kappa shape index (κ1) is 17.1. The SMILES string of the molecule is O=C(C1CCOCC1)N1CCN(c2ccccc2C(F)(F)F)CC1. The summed E-state index contributed by atoms with van der Waals surface area (Å²) < 4.78 is 44.7. The first-order chi connectivity index (χ1) is 11.5. The van der Waals surface area contributed by atoms with Gasteiger partial charge in [-0.15, -0.1) is 0 Å². The van der Waals surface area contributed by atoms with Crippen LogP contribution >= 0.6 is 0 Å². The van der Waals surface area contributed by atoms with Gasteiger partial charge in [0, 0.05) is 51.0 Å². The van der Waals surface area contributed by atoms with Crippen molar-refractivity contribution >= 4 is 11.6 Å². The lowest BCUT2D eigenvalue weighted by Gasteiger charge is -2.39. The van der Waals surface area contributed by atoms with E-state index in [1.165, 1.54) is 12.1 Å². The van der Waals surface area contributed by atoms with E-state index in [1.807, 2.05) is 0 Å². The molecule has 1 aromatic rings. The Morgan fingerprint density at radius 3 is 2.29 bits per heavy atom. The molecule has 2 fully saturated rings. The summed E-state index contributed by atoms with van der Waals surface area (Å²) in [7, 11) is 0. The third-order valence-electron chi connectivity index (χ3n) is 4.71. The molecule has 0 N–H and O–H groups in total. The number of piperazine rings is 1. The van der Waals surface area contributed by atoms with Gasteiger partial charge < -0.3 is 14.5 Å². The zero-order chi connectivity index (χ0) is 17.2. The Morgan fingerprint density at radius 2 is 1.67 bits per heavy atom. The molecule has 3 rings (SSSR count). The molecule has 0 bridgehead atoms. The quantitative estimate of drug-likeness (QED) is 0.829. The van der Waals surface area contributed by atoms with Crippen molar-refractivity contribution in [3.63, 3.8) is 0 Å². The molecule has 2 heterocycles. The Labute approximate surface area is 139 Å². The summed E-state index contributed by atoms with van der Waals surface area (Å²) in [5.74, 6) is 0.106. The number of carbonyl (C=O) groups is 1. The number of hydrogen-bond acceptors (Lipinski definition) is 3. The van der Waals surface area contributed by atoms with E-state index < -0.39 is 11.7 Å². The topological polar surface area (TPSA) is 32.8 Å². The minimum absolute atomic E-state index is 0.00670. The van der Waals surface area contributed by atoms with Crippen LogP contribution in [0.2, 0.25) is 0 Å². The van der Waals surface area contributed by atoms with Crippen LogP contribution in [0.3, 0.4) is 0 Å². The van der Waals surface area contributed by atoms with Crippen LogP contribution in [0.1, 0.15) is 18.4 Å². The number of halogens is 3. The summed E-state index contributed by atoms with van der Waals surface area (Å²) in [6, 6.07) is 5.62. The van der Waals surface area contributed by atoms with Crippen LogP contribution in [0.15, 0.2) is 24.3 Å². The summed E-state index contributed by atoms with van der Waals surface area (Å²) in [6.45, 7) is 2.97. The molecule has 0 unspecified atom stereocenters. The van der Waals surface area contributed by atoms with Crippen molar-refractivity contribution < 1.29 is 22.7 Å². The molecule has 0 aliphatic carbocycles. The third-order valence-corrected chi connectivity index (χ3v) is 4.71. The number of hydrogen-bond donors (Lipinski definition) is 0. The van der Waals surface area contributed by atoms with Crippen LogP contribution < -0.4 is 4.90 Å². The highest BCUT2D eigenvalue weighted by atomic mass is 19.4. The molecule has 0 radical (unpaired) electrons. The number of carbonyl (C=O) groups excluding carboxylic acids is 1. The van der Waals surface area contributed by atoms with Crippen molar-refractivity contribution in [3.05, 3.63) is 29.8 Å². The van der Waals surface area contributed by atoms with Gasteiger partial charge in [0.25, 0.3) is 0 Å². The lowest BCUT2D eigenvalue weighted by atomic mass is 9.98. The molecule has 132 valence electrons. The second kappa shape index (κ2) is 7.01. The van der Waals surface area contributed by atoms with E-state index in [0.717, 1.165) is 18.9 Å². The largest absolute Gasteiger partial charge is 0.418 e. The highest BCUT2D eigenvalue weighted by Crippen LogP contribution is 2.36. The average molecular weight is 342 g/mol. The highest BCUT2D eigenvalue weighted by Gasteiger charge is 2.36. The predicted molar refractivity (Wildman–Crippen MR) is 83.8 cm³/mol. The van der Waals surface area contributed by atoms with Gasteiger partial charge in [-0.2, -0.15) is 13.2 Å². The molecule has 0 spiro atoms. The fourth-order valence-corrected chi connectivity index (χ4v) is 3.36. The van der Waals surface area contributed by atoms with Gasteiger partial charge in [0.2, 0.25) is 5.91 Å². The minimum atomic E-state index is -4.37. The molecule has 2 aliphatic rings. The van der Waals surface area contributed by atoms with Crippen LogP contribution in [0, 0.1) is 5.92 Å². The van der Waals surface area contributed by atoms with Crippen molar-refractivity contribution in [2.24, 2.45) is 5.92 Å². The van der Waals surface area contributed by atoms with E-state index >= 15 is 0 Å². The summed E-state index contributed by atoms with van der Waals surface area (Å²) in [6.07, 6.45) is -2.91. The number of ether oxygens (including phenoxy) is 1. The Kier molecular flexibility index (Phi) is 4.99. The predicted octanol–water partition coefficient (Wildman–Crippen LogP) is 2.78. The molecule has 4 nitrogen and oxygen atoms in total. The van der Waals surface area contributed by atoms with Crippen molar-refractivity contribution in [2.75, 3.05) is 44.3 Å². The van der Waals surface area contributed by atoms with Crippen LogP contribution in [0.25, 0.3) is 0 Å². The van der Waals surface area contributed by atoms with Gasteiger partial charge >= 0.3 is 6.18 Å². The lowest BCUT2D eigenvalue weighted by Crippen LogP contribution is -2.51. The first-order valence-electron chi connectivity index (χ1n) is 8.24. The number of para-hydroxylation sites is 1. The number of benzene rings is 1. The van der Waals surface area contributed by atoms with Gasteiger partial charge in [-0.25, -0.2) is 0 Å². The van der Waals surface area contributed by atoms with E-state index in [2.05, 4.69) is 0 Å². The maximum Gasteiger partial charge on any atom is 0.418 e. The van der Waals surface area contributed by atoms with Gasteiger partial charge in [0.1, 0.15) is 0 Å². The van der Waals surface area contributed by atoms with Crippen LogP contribution in [0.4, 0.5) is 18.9 Å². The molecule has 24 heavy (non-hydrogen) atoms. The summed E-state index contributed by atoms with van der Waals surface area (Å²) in [5.41, 5.74) is -0.419. The van der Waals surface area contributed by atoms with Gasteiger partial charge in [0.05, 0.1) is 5.56 Å². The average Bonchev–Trinajstić information content (AvgIpc) is 2.61. The number of nitrogens with zero attached hydrogens (tertiary/aromatic N) is 2. The van der Waals surface area contributed by atoms with Crippen molar-refractivity contribution in [3.8, 4) is 0 Å². The Balaban J connectivity index is 1.64. The second-order valence-electron chi connectivity index (χ2n) is 6.21. The van der Waals surface area contributed by atoms with Crippen molar-refractivity contribution in [1.82, 2.24) is 4.90 Å². The molecule has 0 aromatic heterocycles. The molecular formula is C17H21F3N2O2. The zero-order valence-electron chi connectivity index (χ0n) is 13.4. The van der Waals surface area contributed by atoms with Gasteiger partial charge in [-0.1, -0.05) is 12.1 Å². The molecule has 1 amide bonds. The molecule has 2 aliphatic heterocycles. The summed E-state index contributed by atoms with van der Waals surface area (Å²) in [5, 5.41) is 0. The molecule has 0 atom stereocenters. The normalized spacial score (nSPS) is 20.3. The maximum absolute atomic E-state index is 13.1. The molecule has 2 saturated heterocycles. The van der Waals surface area contributed by atoms with E-state index in [-0.39, 0.29) is 17.5 Å².